The first kappa shape index (κ1) is 15.9. The van der Waals surface area contributed by atoms with Gasteiger partial charge >= 0.3 is 0 Å². The molecule has 114 valence electrons. The number of aryl methyl sites for hydroxylation is 2. The number of hydrogen-bond donors (Lipinski definition) is 1. The molecule has 0 fully saturated rings. The molecule has 0 spiro atoms. The zero-order valence-electron chi connectivity index (χ0n) is 13.2. The summed E-state index contributed by atoms with van der Waals surface area (Å²) in [6, 6.07) is 0. The van der Waals surface area contributed by atoms with Gasteiger partial charge in [0, 0.05) is 19.8 Å². The van der Waals surface area contributed by atoms with Gasteiger partial charge in [-0.3, -0.25) is 4.68 Å². The second-order valence-electron chi connectivity index (χ2n) is 5.30. The third-order valence-electron chi connectivity index (χ3n) is 3.25. The minimum atomic E-state index is 0.320. The van der Waals surface area contributed by atoms with Crippen LogP contribution in [0.1, 0.15) is 45.0 Å². The molecule has 0 aliphatic carbocycles. The molecule has 0 atom stereocenters. The standard InChI is InChI=1S/C15H22BrN5/c1-6-11-10(8-21(5)20-11)14-18-13(9(3)4)12(16)15(19-14)17-7-2/h8-9H,6-7H2,1-5H3,(H,17,18,19). The van der Waals surface area contributed by atoms with Gasteiger partial charge in [0.05, 0.1) is 21.4 Å². The summed E-state index contributed by atoms with van der Waals surface area (Å²) in [5, 5.41) is 7.78. The Kier molecular flexibility index (Phi) is 4.98. The Hall–Kier alpha value is -1.43. The molecular formula is C15H22BrN5. The maximum absolute atomic E-state index is 4.76. The SMILES string of the molecule is CCNc1nc(-c2cn(C)nc2CC)nc(C(C)C)c1Br. The minimum Gasteiger partial charge on any atom is -0.369 e. The molecule has 2 aromatic rings. The second-order valence-corrected chi connectivity index (χ2v) is 6.09. The molecule has 21 heavy (non-hydrogen) atoms. The first-order chi connectivity index (χ1) is 9.97. The molecule has 5 nitrogen and oxygen atoms in total. The molecule has 2 heterocycles. The van der Waals surface area contributed by atoms with Crippen LogP contribution in [0, 0.1) is 0 Å². The van der Waals surface area contributed by atoms with Gasteiger partial charge in [-0.1, -0.05) is 20.8 Å². The molecule has 0 radical (unpaired) electrons. The van der Waals surface area contributed by atoms with Crippen molar-refractivity contribution in [1.82, 2.24) is 19.7 Å². The highest BCUT2D eigenvalue weighted by atomic mass is 79.9. The van der Waals surface area contributed by atoms with E-state index >= 15 is 0 Å². The predicted molar refractivity (Wildman–Crippen MR) is 89.6 cm³/mol. The van der Waals surface area contributed by atoms with Crippen molar-refractivity contribution in [1.29, 1.82) is 0 Å². The molecule has 1 N–H and O–H groups in total. The van der Waals surface area contributed by atoms with Crippen LogP contribution in [0.15, 0.2) is 10.7 Å². The molecule has 0 aromatic carbocycles. The highest BCUT2D eigenvalue weighted by Crippen LogP contribution is 2.32. The summed E-state index contributed by atoms with van der Waals surface area (Å²) in [5.41, 5.74) is 3.05. The third kappa shape index (κ3) is 3.26. The normalized spacial score (nSPS) is 11.2. The largest absolute Gasteiger partial charge is 0.369 e. The lowest BCUT2D eigenvalue weighted by Gasteiger charge is -2.14. The van der Waals surface area contributed by atoms with Gasteiger partial charge in [-0.25, -0.2) is 9.97 Å². The van der Waals surface area contributed by atoms with E-state index in [4.69, 9.17) is 4.98 Å². The van der Waals surface area contributed by atoms with Crippen molar-refractivity contribution in [2.45, 2.75) is 40.0 Å². The Morgan fingerprint density at radius 2 is 2.00 bits per heavy atom. The fourth-order valence-electron chi connectivity index (χ4n) is 2.23. The molecule has 0 bridgehead atoms. The molecule has 0 saturated carbocycles. The molecule has 6 heteroatoms. The number of nitrogens with zero attached hydrogens (tertiary/aromatic N) is 4. The summed E-state index contributed by atoms with van der Waals surface area (Å²) in [4.78, 5) is 9.43. The van der Waals surface area contributed by atoms with Crippen LogP contribution in [0.5, 0.6) is 0 Å². The van der Waals surface area contributed by atoms with E-state index in [-0.39, 0.29) is 0 Å². The molecule has 0 saturated heterocycles. The van der Waals surface area contributed by atoms with Crippen LogP contribution in [0.25, 0.3) is 11.4 Å². The number of nitrogens with one attached hydrogen (secondary N) is 1. The van der Waals surface area contributed by atoms with Crippen LogP contribution >= 0.6 is 15.9 Å². The van der Waals surface area contributed by atoms with Gasteiger partial charge in [-0.15, -0.1) is 0 Å². The van der Waals surface area contributed by atoms with Gasteiger partial charge in [0.1, 0.15) is 5.82 Å². The van der Waals surface area contributed by atoms with Crippen LogP contribution in [-0.4, -0.2) is 26.3 Å². The summed E-state index contributed by atoms with van der Waals surface area (Å²) < 4.78 is 2.77. The Balaban J connectivity index is 2.62. The van der Waals surface area contributed by atoms with Crippen LogP contribution in [0.2, 0.25) is 0 Å². The van der Waals surface area contributed by atoms with Gasteiger partial charge in [-0.2, -0.15) is 5.10 Å². The predicted octanol–water partition coefficient (Wildman–Crippen LogP) is 3.76. The van der Waals surface area contributed by atoms with Gasteiger partial charge < -0.3 is 5.32 Å². The Morgan fingerprint density at radius 1 is 1.29 bits per heavy atom. The average molecular weight is 352 g/mol. The topological polar surface area (TPSA) is 55.6 Å². The first-order valence-corrected chi connectivity index (χ1v) is 8.11. The van der Waals surface area contributed by atoms with Gasteiger partial charge in [0.25, 0.3) is 0 Å². The van der Waals surface area contributed by atoms with E-state index < -0.39 is 0 Å². The van der Waals surface area contributed by atoms with Crippen LogP contribution < -0.4 is 5.32 Å². The number of rotatable bonds is 5. The highest BCUT2D eigenvalue weighted by Gasteiger charge is 2.18. The van der Waals surface area contributed by atoms with E-state index in [9.17, 15) is 0 Å². The smallest absolute Gasteiger partial charge is 0.165 e. The summed E-state index contributed by atoms with van der Waals surface area (Å²) in [7, 11) is 1.93. The average Bonchev–Trinajstić information content (AvgIpc) is 2.82. The van der Waals surface area contributed by atoms with Crippen molar-refractivity contribution in [3.63, 3.8) is 0 Å². The van der Waals surface area contributed by atoms with Crippen molar-refractivity contribution in [3.05, 3.63) is 22.1 Å². The molecule has 0 amide bonds. The van der Waals surface area contributed by atoms with Gasteiger partial charge in [0.15, 0.2) is 5.82 Å². The van der Waals surface area contributed by atoms with Crippen LogP contribution in [0.4, 0.5) is 5.82 Å². The zero-order valence-corrected chi connectivity index (χ0v) is 14.8. The Morgan fingerprint density at radius 3 is 2.57 bits per heavy atom. The minimum absolute atomic E-state index is 0.320. The molecule has 0 aliphatic rings. The van der Waals surface area contributed by atoms with E-state index in [0.29, 0.717) is 5.92 Å². The number of anilines is 1. The molecule has 0 aliphatic heterocycles. The zero-order chi connectivity index (χ0) is 15.6. The lowest BCUT2D eigenvalue weighted by Crippen LogP contribution is -2.07. The Labute approximate surface area is 134 Å². The maximum atomic E-state index is 4.76. The highest BCUT2D eigenvalue weighted by molar-refractivity contribution is 9.10. The van der Waals surface area contributed by atoms with E-state index in [0.717, 1.165) is 46.0 Å². The summed E-state index contributed by atoms with van der Waals surface area (Å²) in [6.07, 6.45) is 2.85. The van der Waals surface area contributed by atoms with Gasteiger partial charge in [-0.05, 0) is 35.2 Å². The number of aromatic nitrogens is 4. The fourth-order valence-corrected chi connectivity index (χ4v) is 3.01. The molecular weight excluding hydrogens is 330 g/mol. The molecule has 2 aromatic heterocycles. The first-order valence-electron chi connectivity index (χ1n) is 7.32. The van der Waals surface area contributed by atoms with Crippen LogP contribution in [-0.2, 0) is 13.5 Å². The van der Waals surface area contributed by atoms with Crippen molar-refractivity contribution in [3.8, 4) is 11.4 Å². The van der Waals surface area contributed by atoms with E-state index in [1.165, 1.54) is 0 Å². The van der Waals surface area contributed by atoms with E-state index in [2.05, 4.69) is 59.0 Å². The quantitative estimate of drug-likeness (QED) is 0.890. The van der Waals surface area contributed by atoms with Crippen molar-refractivity contribution >= 4 is 21.7 Å². The van der Waals surface area contributed by atoms with Crippen molar-refractivity contribution in [2.75, 3.05) is 11.9 Å². The lowest BCUT2D eigenvalue weighted by molar-refractivity contribution is 0.746. The number of halogens is 1. The van der Waals surface area contributed by atoms with Gasteiger partial charge in [0.2, 0.25) is 0 Å². The summed E-state index contributed by atoms with van der Waals surface area (Å²) in [6.45, 7) is 9.25. The fraction of sp³-hybridized carbons (Fsp3) is 0.533. The Bertz CT molecular complexity index is 633. The third-order valence-corrected chi connectivity index (χ3v) is 4.03. The van der Waals surface area contributed by atoms with E-state index in [1.54, 1.807) is 0 Å². The monoisotopic (exact) mass is 351 g/mol. The van der Waals surface area contributed by atoms with Crippen molar-refractivity contribution in [2.24, 2.45) is 7.05 Å². The second kappa shape index (κ2) is 6.56. The van der Waals surface area contributed by atoms with E-state index in [1.807, 2.05) is 17.9 Å². The van der Waals surface area contributed by atoms with Crippen LogP contribution in [0.3, 0.4) is 0 Å². The van der Waals surface area contributed by atoms with Crippen molar-refractivity contribution < 1.29 is 0 Å². The number of hydrogen-bond acceptors (Lipinski definition) is 4. The molecule has 0 unspecified atom stereocenters. The summed E-state index contributed by atoms with van der Waals surface area (Å²) >= 11 is 3.62. The lowest BCUT2D eigenvalue weighted by atomic mass is 10.1. The summed E-state index contributed by atoms with van der Waals surface area (Å²) in [5.74, 6) is 1.90. The molecule has 2 rings (SSSR count). The maximum Gasteiger partial charge on any atom is 0.165 e.